The van der Waals surface area contributed by atoms with Crippen LogP contribution >= 0.6 is 0 Å². The smallest absolute Gasteiger partial charge is 0.222 e. The van der Waals surface area contributed by atoms with Crippen molar-refractivity contribution in [1.82, 2.24) is 0 Å². The molecule has 1 saturated heterocycles. The van der Waals surface area contributed by atoms with Crippen molar-refractivity contribution >= 4 is 0 Å². The molecule has 22 heavy (non-hydrogen) atoms. The van der Waals surface area contributed by atoms with Crippen LogP contribution < -0.4 is 5.73 Å². The van der Waals surface area contributed by atoms with Crippen molar-refractivity contribution in [2.75, 3.05) is 13.2 Å². The zero-order valence-corrected chi connectivity index (χ0v) is 12.8. The number of ether oxygens (including phenoxy) is 2. The van der Waals surface area contributed by atoms with Crippen LogP contribution in [0.2, 0.25) is 0 Å². The lowest BCUT2D eigenvalue weighted by molar-refractivity contribution is -0.279. The van der Waals surface area contributed by atoms with Gasteiger partial charge in [0.25, 0.3) is 0 Å². The van der Waals surface area contributed by atoms with Gasteiger partial charge < -0.3 is 15.2 Å². The maximum atomic E-state index is 6.47. The molecule has 0 spiro atoms. The fraction of sp³-hybridized carbons (Fsp3) is 0.368. The van der Waals surface area contributed by atoms with Crippen molar-refractivity contribution in [3.05, 3.63) is 71.8 Å². The summed E-state index contributed by atoms with van der Waals surface area (Å²) in [6, 6.07) is 20.4. The Morgan fingerprint density at radius 2 is 1.55 bits per heavy atom. The molecule has 1 atom stereocenters. The standard InChI is InChI=1S/C19H23NO2/c20-14-7-12-18-13-15-21-19(22-18,16-8-3-1-4-9-16)17-10-5-2-6-11-17/h1-6,8-11,18H,7,12-15,20H2. The minimum atomic E-state index is -0.806. The van der Waals surface area contributed by atoms with E-state index in [1.165, 1.54) is 0 Å². The molecule has 1 unspecified atom stereocenters. The Hall–Kier alpha value is -1.68. The van der Waals surface area contributed by atoms with Crippen LogP contribution in [0.1, 0.15) is 30.4 Å². The maximum absolute atomic E-state index is 6.47. The zero-order valence-electron chi connectivity index (χ0n) is 12.8. The van der Waals surface area contributed by atoms with Crippen molar-refractivity contribution < 1.29 is 9.47 Å². The molecule has 2 N–H and O–H groups in total. The average Bonchev–Trinajstić information content (AvgIpc) is 2.61. The number of nitrogens with two attached hydrogens (primary N) is 1. The van der Waals surface area contributed by atoms with Gasteiger partial charge in [0, 0.05) is 11.1 Å². The van der Waals surface area contributed by atoms with Crippen LogP contribution in [0.25, 0.3) is 0 Å². The summed E-state index contributed by atoms with van der Waals surface area (Å²) in [4.78, 5) is 0. The summed E-state index contributed by atoms with van der Waals surface area (Å²) in [5.74, 6) is -0.806. The highest BCUT2D eigenvalue weighted by Crippen LogP contribution is 2.40. The van der Waals surface area contributed by atoms with Gasteiger partial charge in [-0.3, -0.25) is 0 Å². The van der Waals surface area contributed by atoms with Crippen LogP contribution in [-0.4, -0.2) is 19.3 Å². The molecule has 2 aromatic rings. The summed E-state index contributed by atoms with van der Waals surface area (Å²) in [6.45, 7) is 1.39. The van der Waals surface area contributed by atoms with E-state index in [1.807, 2.05) is 36.4 Å². The van der Waals surface area contributed by atoms with Gasteiger partial charge in [-0.1, -0.05) is 60.7 Å². The molecule has 0 saturated carbocycles. The third kappa shape index (κ3) is 3.07. The highest BCUT2D eigenvalue weighted by molar-refractivity contribution is 5.34. The molecular formula is C19H23NO2. The quantitative estimate of drug-likeness (QED) is 0.919. The van der Waals surface area contributed by atoms with E-state index in [1.54, 1.807) is 0 Å². The highest BCUT2D eigenvalue weighted by Gasteiger charge is 2.41. The lowest BCUT2D eigenvalue weighted by Gasteiger charge is -2.42. The van der Waals surface area contributed by atoms with E-state index in [2.05, 4.69) is 24.3 Å². The normalized spacial score (nSPS) is 20.7. The number of rotatable bonds is 5. The Morgan fingerprint density at radius 3 is 2.09 bits per heavy atom. The van der Waals surface area contributed by atoms with E-state index in [0.29, 0.717) is 13.2 Å². The fourth-order valence-electron chi connectivity index (χ4n) is 3.00. The molecule has 1 aliphatic heterocycles. The van der Waals surface area contributed by atoms with Crippen molar-refractivity contribution in [2.45, 2.75) is 31.2 Å². The lowest BCUT2D eigenvalue weighted by Crippen LogP contribution is -2.43. The minimum absolute atomic E-state index is 0.178. The molecule has 0 aliphatic carbocycles. The van der Waals surface area contributed by atoms with E-state index in [9.17, 15) is 0 Å². The third-order valence-corrected chi connectivity index (χ3v) is 4.12. The molecule has 0 aromatic heterocycles. The van der Waals surface area contributed by atoms with E-state index in [4.69, 9.17) is 15.2 Å². The molecule has 116 valence electrons. The lowest BCUT2D eigenvalue weighted by atomic mass is 9.95. The monoisotopic (exact) mass is 297 g/mol. The van der Waals surface area contributed by atoms with Gasteiger partial charge in [0.05, 0.1) is 12.7 Å². The zero-order chi connectivity index (χ0) is 15.3. The van der Waals surface area contributed by atoms with Gasteiger partial charge in [-0.2, -0.15) is 0 Å². The van der Waals surface area contributed by atoms with Crippen molar-refractivity contribution in [2.24, 2.45) is 5.73 Å². The van der Waals surface area contributed by atoms with Gasteiger partial charge in [-0.25, -0.2) is 0 Å². The second kappa shape index (κ2) is 7.05. The summed E-state index contributed by atoms with van der Waals surface area (Å²) >= 11 is 0. The van der Waals surface area contributed by atoms with Crippen LogP contribution in [0.3, 0.4) is 0 Å². The number of hydrogen-bond acceptors (Lipinski definition) is 3. The summed E-state index contributed by atoms with van der Waals surface area (Å²) in [5, 5.41) is 0. The largest absolute Gasteiger partial charge is 0.342 e. The molecule has 1 aliphatic rings. The molecule has 0 amide bonds. The first-order valence-corrected chi connectivity index (χ1v) is 7.98. The summed E-state index contributed by atoms with van der Waals surface area (Å²) in [7, 11) is 0. The highest BCUT2D eigenvalue weighted by atomic mass is 16.7. The van der Waals surface area contributed by atoms with Gasteiger partial charge in [0.1, 0.15) is 0 Å². The van der Waals surface area contributed by atoms with E-state index < -0.39 is 5.79 Å². The molecule has 0 bridgehead atoms. The van der Waals surface area contributed by atoms with Crippen LogP contribution in [0.4, 0.5) is 0 Å². The number of hydrogen-bond donors (Lipinski definition) is 1. The van der Waals surface area contributed by atoms with Crippen LogP contribution in [0.15, 0.2) is 60.7 Å². The first kappa shape index (κ1) is 15.2. The van der Waals surface area contributed by atoms with E-state index in [0.717, 1.165) is 30.4 Å². The Balaban J connectivity index is 1.97. The van der Waals surface area contributed by atoms with Gasteiger partial charge in [0.15, 0.2) is 0 Å². The molecular weight excluding hydrogens is 274 g/mol. The van der Waals surface area contributed by atoms with Gasteiger partial charge in [-0.15, -0.1) is 0 Å². The summed E-state index contributed by atoms with van der Waals surface area (Å²) in [6.07, 6.45) is 3.05. The second-order valence-electron chi connectivity index (χ2n) is 5.66. The Labute approximate surface area is 132 Å². The molecule has 1 heterocycles. The third-order valence-electron chi connectivity index (χ3n) is 4.12. The fourth-order valence-corrected chi connectivity index (χ4v) is 3.00. The molecule has 3 heteroatoms. The van der Waals surface area contributed by atoms with Gasteiger partial charge in [-0.05, 0) is 25.8 Å². The topological polar surface area (TPSA) is 44.5 Å². The van der Waals surface area contributed by atoms with Crippen molar-refractivity contribution in [3.63, 3.8) is 0 Å². The Morgan fingerprint density at radius 1 is 0.955 bits per heavy atom. The molecule has 1 fully saturated rings. The maximum Gasteiger partial charge on any atom is 0.222 e. The van der Waals surface area contributed by atoms with Crippen molar-refractivity contribution in [3.8, 4) is 0 Å². The van der Waals surface area contributed by atoms with Crippen LogP contribution in [0.5, 0.6) is 0 Å². The Kier molecular flexibility index (Phi) is 4.88. The van der Waals surface area contributed by atoms with Crippen LogP contribution in [-0.2, 0) is 15.3 Å². The predicted octanol–water partition coefficient (Wildman–Crippen LogP) is 3.43. The van der Waals surface area contributed by atoms with Crippen molar-refractivity contribution in [1.29, 1.82) is 0 Å². The SMILES string of the molecule is NCCCC1CCOC(c2ccccc2)(c2ccccc2)O1. The van der Waals surface area contributed by atoms with Gasteiger partial charge in [0.2, 0.25) is 5.79 Å². The number of benzene rings is 2. The molecule has 3 rings (SSSR count). The first-order valence-electron chi connectivity index (χ1n) is 7.98. The van der Waals surface area contributed by atoms with E-state index >= 15 is 0 Å². The molecule has 0 radical (unpaired) electrons. The Bertz CT molecular complexity index is 531. The van der Waals surface area contributed by atoms with Crippen LogP contribution in [0, 0.1) is 0 Å². The summed E-state index contributed by atoms with van der Waals surface area (Å²) < 4.78 is 12.7. The average molecular weight is 297 g/mol. The molecule has 3 nitrogen and oxygen atoms in total. The first-order chi connectivity index (χ1) is 10.8. The predicted molar refractivity (Wildman–Crippen MR) is 87.4 cm³/mol. The van der Waals surface area contributed by atoms with E-state index in [-0.39, 0.29) is 6.10 Å². The minimum Gasteiger partial charge on any atom is -0.342 e. The summed E-state index contributed by atoms with van der Waals surface area (Å²) in [5.41, 5.74) is 7.73. The molecule has 2 aromatic carbocycles. The second-order valence-corrected chi connectivity index (χ2v) is 5.66. The van der Waals surface area contributed by atoms with Gasteiger partial charge >= 0.3 is 0 Å².